The summed E-state index contributed by atoms with van der Waals surface area (Å²) in [5.41, 5.74) is 0. The first-order valence-corrected chi connectivity index (χ1v) is 6.72. The topological polar surface area (TPSA) is 64.6 Å². The highest BCUT2D eigenvalue weighted by Gasteiger charge is 2.23. The molecular weight excluding hydrogens is 261 g/mol. The van der Waals surface area contributed by atoms with E-state index in [0.717, 1.165) is 6.07 Å². The van der Waals surface area contributed by atoms with E-state index < -0.39 is 28.2 Å². The number of hydrogen-bond acceptors (Lipinski definition) is 4. The molecule has 0 aromatic heterocycles. The van der Waals surface area contributed by atoms with Crippen molar-refractivity contribution in [3.63, 3.8) is 0 Å². The van der Waals surface area contributed by atoms with Crippen LogP contribution in [0.1, 0.15) is 6.92 Å². The Morgan fingerprint density at radius 1 is 1.28 bits per heavy atom. The lowest BCUT2D eigenvalue weighted by Gasteiger charge is -2.21. The number of methoxy groups -OCH3 is 2. The molecule has 0 aliphatic rings. The summed E-state index contributed by atoms with van der Waals surface area (Å²) in [7, 11) is -0.989. The molecule has 1 atom stereocenters. The van der Waals surface area contributed by atoms with Gasteiger partial charge in [-0.15, -0.1) is 0 Å². The second-order valence-electron chi connectivity index (χ2n) is 3.71. The molecule has 0 saturated carbocycles. The molecule has 0 amide bonds. The van der Waals surface area contributed by atoms with E-state index >= 15 is 0 Å². The Labute approximate surface area is 106 Å². The molecule has 1 aromatic carbocycles. The lowest BCUT2D eigenvalue weighted by molar-refractivity contribution is -0.115. The highest BCUT2D eigenvalue weighted by atomic mass is 32.2. The lowest BCUT2D eigenvalue weighted by Crippen LogP contribution is -2.42. The second-order valence-corrected chi connectivity index (χ2v) is 5.42. The van der Waals surface area contributed by atoms with E-state index in [1.165, 1.54) is 32.4 Å². The van der Waals surface area contributed by atoms with Crippen LogP contribution >= 0.6 is 0 Å². The number of halogens is 1. The average molecular weight is 277 g/mol. The molecule has 1 aromatic rings. The van der Waals surface area contributed by atoms with Crippen molar-refractivity contribution in [1.29, 1.82) is 0 Å². The monoisotopic (exact) mass is 277 g/mol. The number of ether oxygens (including phenoxy) is 2. The van der Waals surface area contributed by atoms with Crippen LogP contribution in [0.2, 0.25) is 0 Å². The van der Waals surface area contributed by atoms with Crippen molar-refractivity contribution < 1.29 is 22.3 Å². The predicted molar refractivity (Wildman–Crippen MR) is 64.0 cm³/mol. The third-order valence-corrected chi connectivity index (χ3v) is 3.88. The SMILES string of the molecule is COC(OC)C(C)NS(=O)(=O)c1cccc(F)c1. The lowest BCUT2D eigenvalue weighted by atomic mass is 10.3. The van der Waals surface area contributed by atoms with E-state index in [-0.39, 0.29) is 4.90 Å². The average Bonchev–Trinajstić information content (AvgIpc) is 2.30. The Morgan fingerprint density at radius 2 is 1.89 bits per heavy atom. The summed E-state index contributed by atoms with van der Waals surface area (Å²) in [5.74, 6) is -0.611. The molecule has 0 saturated heterocycles. The molecule has 7 heteroatoms. The van der Waals surface area contributed by atoms with Crippen molar-refractivity contribution in [3.8, 4) is 0 Å². The first-order chi connectivity index (χ1) is 8.40. The molecule has 0 aliphatic heterocycles. The minimum Gasteiger partial charge on any atom is -0.354 e. The number of nitrogens with one attached hydrogen (secondary N) is 1. The highest BCUT2D eigenvalue weighted by molar-refractivity contribution is 7.89. The van der Waals surface area contributed by atoms with Crippen LogP contribution in [0.4, 0.5) is 4.39 Å². The van der Waals surface area contributed by atoms with Crippen molar-refractivity contribution in [2.45, 2.75) is 24.2 Å². The summed E-state index contributed by atoms with van der Waals surface area (Å²) in [6.45, 7) is 1.59. The molecule has 1 N–H and O–H groups in total. The Balaban J connectivity index is 2.89. The van der Waals surface area contributed by atoms with Gasteiger partial charge in [-0.25, -0.2) is 17.5 Å². The van der Waals surface area contributed by atoms with Gasteiger partial charge in [0.2, 0.25) is 10.0 Å². The van der Waals surface area contributed by atoms with Crippen molar-refractivity contribution in [2.75, 3.05) is 14.2 Å². The molecule has 1 rings (SSSR count). The van der Waals surface area contributed by atoms with Crippen molar-refractivity contribution in [2.24, 2.45) is 0 Å². The molecule has 1 unspecified atom stereocenters. The van der Waals surface area contributed by atoms with E-state index in [2.05, 4.69) is 4.72 Å². The molecule has 0 fully saturated rings. The molecule has 18 heavy (non-hydrogen) atoms. The number of benzene rings is 1. The normalized spacial score (nSPS) is 13.8. The molecule has 5 nitrogen and oxygen atoms in total. The summed E-state index contributed by atoms with van der Waals surface area (Å²) in [6.07, 6.45) is -0.715. The first kappa shape index (κ1) is 15.0. The first-order valence-electron chi connectivity index (χ1n) is 5.24. The minimum absolute atomic E-state index is 0.139. The Morgan fingerprint density at radius 3 is 2.39 bits per heavy atom. The van der Waals surface area contributed by atoms with E-state index in [1.807, 2.05) is 0 Å². The van der Waals surface area contributed by atoms with Gasteiger partial charge in [0, 0.05) is 14.2 Å². The van der Waals surface area contributed by atoms with Gasteiger partial charge in [0.05, 0.1) is 10.9 Å². The zero-order valence-electron chi connectivity index (χ0n) is 10.4. The molecular formula is C11H16FNO4S. The van der Waals surface area contributed by atoms with Crippen LogP contribution < -0.4 is 4.72 Å². The highest BCUT2D eigenvalue weighted by Crippen LogP contribution is 2.12. The van der Waals surface area contributed by atoms with Crippen LogP contribution in [0.15, 0.2) is 29.2 Å². The maximum atomic E-state index is 13.0. The van der Waals surface area contributed by atoms with Crippen LogP contribution in [0.3, 0.4) is 0 Å². The summed E-state index contributed by atoms with van der Waals surface area (Å²) in [6, 6.07) is 4.17. The van der Waals surface area contributed by atoms with Crippen molar-refractivity contribution in [1.82, 2.24) is 4.72 Å². The van der Waals surface area contributed by atoms with Crippen molar-refractivity contribution >= 4 is 10.0 Å². The Kier molecular flexibility index (Phi) is 5.21. The van der Waals surface area contributed by atoms with Gasteiger partial charge in [0.1, 0.15) is 5.82 Å². The Hall–Kier alpha value is -1.02. The van der Waals surface area contributed by atoms with Gasteiger partial charge >= 0.3 is 0 Å². The van der Waals surface area contributed by atoms with Crippen LogP contribution in [-0.2, 0) is 19.5 Å². The molecule has 0 bridgehead atoms. The molecule has 0 heterocycles. The maximum Gasteiger partial charge on any atom is 0.241 e. The molecule has 102 valence electrons. The standard InChI is InChI=1S/C11H16FNO4S/c1-8(11(16-2)17-3)13-18(14,15)10-6-4-5-9(12)7-10/h4-8,11,13H,1-3H3. The fraction of sp³-hybridized carbons (Fsp3) is 0.455. The fourth-order valence-electron chi connectivity index (χ4n) is 1.51. The third-order valence-electron chi connectivity index (χ3n) is 2.32. The van der Waals surface area contributed by atoms with E-state index in [9.17, 15) is 12.8 Å². The van der Waals surface area contributed by atoms with Gasteiger partial charge in [0.15, 0.2) is 6.29 Å². The summed E-state index contributed by atoms with van der Waals surface area (Å²) in [5, 5.41) is 0. The number of hydrogen-bond donors (Lipinski definition) is 1. The van der Waals surface area contributed by atoms with Crippen LogP contribution in [0.5, 0.6) is 0 Å². The zero-order valence-corrected chi connectivity index (χ0v) is 11.2. The molecule has 0 spiro atoms. The van der Waals surface area contributed by atoms with Crippen LogP contribution in [0.25, 0.3) is 0 Å². The molecule has 0 radical (unpaired) electrons. The van der Waals surface area contributed by atoms with Gasteiger partial charge in [-0.1, -0.05) is 6.07 Å². The van der Waals surface area contributed by atoms with E-state index in [1.54, 1.807) is 6.92 Å². The van der Waals surface area contributed by atoms with Crippen LogP contribution in [-0.4, -0.2) is 35.0 Å². The van der Waals surface area contributed by atoms with Crippen LogP contribution in [0, 0.1) is 5.82 Å². The molecule has 0 aliphatic carbocycles. The smallest absolute Gasteiger partial charge is 0.241 e. The zero-order chi connectivity index (χ0) is 13.8. The minimum atomic E-state index is -3.80. The van der Waals surface area contributed by atoms with Gasteiger partial charge in [-0.05, 0) is 25.1 Å². The van der Waals surface area contributed by atoms with Gasteiger partial charge in [0.25, 0.3) is 0 Å². The fourth-order valence-corrected chi connectivity index (χ4v) is 2.77. The third kappa shape index (κ3) is 3.74. The number of rotatable bonds is 6. The summed E-state index contributed by atoms with van der Waals surface area (Å²) >= 11 is 0. The predicted octanol–water partition coefficient (Wildman–Crippen LogP) is 1.11. The van der Waals surface area contributed by atoms with E-state index in [0.29, 0.717) is 0 Å². The maximum absolute atomic E-state index is 13.0. The van der Waals surface area contributed by atoms with Gasteiger partial charge < -0.3 is 9.47 Å². The summed E-state index contributed by atoms with van der Waals surface area (Å²) in [4.78, 5) is -0.139. The largest absolute Gasteiger partial charge is 0.354 e. The van der Waals surface area contributed by atoms with Gasteiger partial charge in [-0.3, -0.25) is 0 Å². The van der Waals surface area contributed by atoms with Gasteiger partial charge in [-0.2, -0.15) is 0 Å². The quantitative estimate of drug-likeness (QED) is 0.791. The van der Waals surface area contributed by atoms with Crippen molar-refractivity contribution in [3.05, 3.63) is 30.1 Å². The summed E-state index contributed by atoms with van der Waals surface area (Å²) < 4.78 is 49.1. The van der Waals surface area contributed by atoms with E-state index in [4.69, 9.17) is 9.47 Å². The Bertz CT molecular complexity index is 488. The second kappa shape index (κ2) is 6.24. The number of sulfonamides is 1.